The van der Waals surface area contributed by atoms with Gasteiger partial charge in [-0.3, -0.25) is 9.80 Å². The summed E-state index contributed by atoms with van der Waals surface area (Å²) in [7, 11) is 0. The van der Waals surface area contributed by atoms with Gasteiger partial charge in [0.2, 0.25) is 0 Å². The minimum atomic E-state index is 0.407. The molecule has 0 aliphatic carbocycles. The summed E-state index contributed by atoms with van der Waals surface area (Å²) in [6, 6.07) is 0.813. The molecule has 1 aliphatic heterocycles. The molecule has 0 radical (unpaired) electrons. The molecule has 1 aliphatic rings. The van der Waals surface area contributed by atoms with Crippen LogP contribution in [0.1, 0.15) is 47.1 Å². The number of aryl methyl sites for hydroxylation is 2. The van der Waals surface area contributed by atoms with Crippen molar-refractivity contribution in [2.75, 3.05) is 26.2 Å². The molecule has 0 bridgehead atoms. The van der Waals surface area contributed by atoms with Gasteiger partial charge in [0.05, 0.1) is 21.1 Å². The normalized spacial score (nSPS) is 20.2. The average Bonchev–Trinajstić information content (AvgIpc) is 3.14. The van der Waals surface area contributed by atoms with Gasteiger partial charge in [-0.1, -0.05) is 8.98 Å². The largest absolute Gasteiger partial charge is 0.293 e. The number of nitrogens with zero attached hydrogens (tertiary/aromatic N) is 6. The Hall–Kier alpha value is -0.960. The van der Waals surface area contributed by atoms with E-state index in [4.69, 9.17) is 0 Å². The maximum Gasteiger partial charge on any atom is 0.0772 e. The maximum absolute atomic E-state index is 4.14. The molecule has 2 unspecified atom stereocenters. The molecule has 22 heavy (non-hydrogen) atoms. The Morgan fingerprint density at radius 3 is 1.41 bits per heavy atom. The Bertz CT molecular complexity index is 562. The van der Waals surface area contributed by atoms with Crippen molar-refractivity contribution in [3.8, 4) is 0 Å². The molecule has 2 aromatic heterocycles. The van der Waals surface area contributed by atoms with Crippen LogP contribution in [0.2, 0.25) is 0 Å². The monoisotopic (exact) mass is 338 g/mol. The Morgan fingerprint density at radius 1 is 0.773 bits per heavy atom. The molecule has 0 amide bonds. The molecule has 0 spiro atoms. The van der Waals surface area contributed by atoms with Gasteiger partial charge in [0.15, 0.2) is 0 Å². The molecule has 120 valence electrons. The van der Waals surface area contributed by atoms with Crippen molar-refractivity contribution in [2.45, 2.75) is 39.8 Å². The molecule has 2 aromatic rings. The highest BCUT2D eigenvalue weighted by Crippen LogP contribution is 2.30. The molecular weight excluding hydrogens is 316 g/mol. The van der Waals surface area contributed by atoms with E-state index in [1.807, 2.05) is 13.8 Å². The number of piperazine rings is 1. The van der Waals surface area contributed by atoms with Gasteiger partial charge in [0, 0.05) is 38.3 Å². The summed E-state index contributed by atoms with van der Waals surface area (Å²) in [5, 5.41) is 8.28. The third-order valence-electron chi connectivity index (χ3n) is 4.58. The van der Waals surface area contributed by atoms with Crippen molar-refractivity contribution in [3.05, 3.63) is 21.1 Å². The molecule has 2 atom stereocenters. The predicted octanol–water partition coefficient (Wildman–Crippen LogP) is 2.45. The zero-order valence-corrected chi connectivity index (χ0v) is 15.1. The summed E-state index contributed by atoms with van der Waals surface area (Å²) >= 11 is 3.05. The van der Waals surface area contributed by atoms with Gasteiger partial charge in [-0.2, -0.15) is 0 Å². The van der Waals surface area contributed by atoms with Crippen molar-refractivity contribution < 1.29 is 0 Å². The van der Waals surface area contributed by atoms with E-state index < -0.39 is 0 Å². The topological polar surface area (TPSA) is 58.0 Å². The first-order chi connectivity index (χ1) is 10.6. The summed E-state index contributed by atoms with van der Waals surface area (Å²) in [6.07, 6.45) is 0. The molecule has 8 heteroatoms. The van der Waals surface area contributed by atoms with Gasteiger partial charge in [0.25, 0.3) is 0 Å². The molecule has 0 N–H and O–H groups in total. The highest BCUT2D eigenvalue weighted by atomic mass is 32.1. The lowest BCUT2D eigenvalue weighted by atomic mass is 10.1. The lowest BCUT2D eigenvalue weighted by Gasteiger charge is -2.40. The van der Waals surface area contributed by atoms with Gasteiger partial charge >= 0.3 is 0 Å². The fourth-order valence-corrected chi connectivity index (χ4v) is 4.53. The first kappa shape index (κ1) is 15.9. The van der Waals surface area contributed by atoms with Crippen LogP contribution in [0.5, 0.6) is 0 Å². The summed E-state index contributed by atoms with van der Waals surface area (Å²) in [6.45, 7) is 12.9. The van der Waals surface area contributed by atoms with E-state index in [9.17, 15) is 0 Å². The van der Waals surface area contributed by atoms with Gasteiger partial charge < -0.3 is 0 Å². The minimum Gasteiger partial charge on any atom is -0.293 e. The lowest BCUT2D eigenvalue weighted by Crippen LogP contribution is -2.47. The molecular formula is C14H22N6S2. The quantitative estimate of drug-likeness (QED) is 0.853. The predicted molar refractivity (Wildman–Crippen MR) is 89.3 cm³/mol. The second-order valence-electron chi connectivity index (χ2n) is 5.87. The number of hydrogen-bond acceptors (Lipinski definition) is 8. The van der Waals surface area contributed by atoms with Crippen molar-refractivity contribution >= 4 is 23.1 Å². The van der Waals surface area contributed by atoms with E-state index in [0.29, 0.717) is 12.1 Å². The number of hydrogen-bond donors (Lipinski definition) is 0. The Balaban J connectivity index is 1.61. The van der Waals surface area contributed by atoms with Crippen molar-refractivity contribution in [1.82, 2.24) is 29.0 Å². The summed E-state index contributed by atoms with van der Waals surface area (Å²) in [5.74, 6) is 0. The van der Waals surface area contributed by atoms with E-state index in [2.05, 4.69) is 42.8 Å². The Kier molecular flexibility index (Phi) is 4.82. The first-order valence-electron chi connectivity index (χ1n) is 7.63. The Labute approximate surface area is 139 Å². The highest BCUT2D eigenvalue weighted by Gasteiger charge is 2.28. The third-order valence-corrected chi connectivity index (χ3v) is 6.57. The van der Waals surface area contributed by atoms with Crippen LogP contribution in [0.4, 0.5) is 0 Å². The van der Waals surface area contributed by atoms with E-state index in [-0.39, 0.29) is 0 Å². The zero-order chi connectivity index (χ0) is 15.7. The summed E-state index contributed by atoms with van der Waals surface area (Å²) in [5.41, 5.74) is 2.14. The number of aromatic nitrogens is 4. The van der Waals surface area contributed by atoms with Crippen LogP contribution in [0, 0.1) is 13.8 Å². The second-order valence-corrected chi connectivity index (χ2v) is 7.44. The van der Waals surface area contributed by atoms with E-state index in [1.54, 1.807) is 0 Å². The van der Waals surface area contributed by atoms with Crippen molar-refractivity contribution in [1.29, 1.82) is 0 Å². The van der Waals surface area contributed by atoms with Gasteiger partial charge in [-0.05, 0) is 50.8 Å². The lowest BCUT2D eigenvalue weighted by molar-refractivity contribution is 0.0798. The zero-order valence-electron chi connectivity index (χ0n) is 13.5. The van der Waals surface area contributed by atoms with Crippen LogP contribution in [0.25, 0.3) is 0 Å². The van der Waals surface area contributed by atoms with Crippen LogP contribution < -0.4 is 0 Å². The van der Waals surface area contributed by atoms with Gasteiger partial charge in [0.1, 0.15) is 0 Å². The van der Waals surface area contributed by atoms with E-state index in [0.717, 1.165) is 37.6 Å². The average molecular weight is 339 g/mol. The number of rotatable bonds is 4. The molecule has 0 saturated carbocycles. The van der Waals surface area contributed by atoms with Gasteiger partial charge in [-0.25, -0.2) is 0 Å². The molecule has 1 fully saturated rings. The van der Waals surface area contributed by atoms with E-state index >= 15 is 0 Å². The smallest absolute Gasteiger partial charge is 0.0772 e. The molecule has 0 aromatic carbocycles. The standard InChI is InChI=1S/C14H22N6S2/c1-9-13(21-17-15-9)11(3)19-5-7-20(8-6-19)12(4)14-10(2)16-18-22-14/h11-12H,5-8H2,1-4H3. The minimum absolute atomic E-state index is 0.407. The van der Waals surface area contributed by atoms with Crippen molar-refractivity contribution in [2.24, 2.45) is 0 Å². The molecule has 3 heterocycles. The van der Waals surface area contributed by atoms with E-state index in [1.165, 1.54) is 32.8 Å². The summed E-state index contributed by atoms with van der Waals surface area (Å²) < 4.78 is 8.13. The fraction of sp³-hybridized carbons (Fsp3) is 0.714. The summed E-state index contributed by atoms with van der Waals surface area (Å²) in [4.78, 5) is 7.65. The second kappa shape index (κ2) is 6.66. The van der Waals surface area contributed by atoms with Crippen LogP contribution >= 0.6 is 23.1 Å². The third kappa shape index (κ3) is 3.05. The highest BCUT2D eigenvalue weighted by molar-refractivity contribution is 7.06. The van der Waals surface area contributed by atoms with Crippen LogP contribution in [0.3, 0.4) is 0 Å². The molecule has 6 nitrogen and oxygen atoms in total. The van der Waals surface area contributed by atoms with Crippen LogP contribution in [0.15, 0.2) is 0 Å². The molecule has 1 saturated heterocycles. The van der Waals surface area contributed by atoms with Crippen molar-refractivity contribution in [3.63, 3.8) is 0 Å². The Morgan fingerprint density at radius 2 is 1.14 bits per heavy atom. The van der Waals surface area contributed by atoms with Crippen LogP contribution in [-0.4, -0.2) is 55.2 Å². The van der Waals surface area contributed by atoms with Gasteiger partial charge in [-0.15, -0.1) is 10.2 Å². The first-order valence-corrected chi connectivity index (χ1v) is 9.18. The van der Waals surface area contributed by atoms with Crippen LogP contribution in [-0.2, 0) is 0 Å². The fourth-order valence-electron chi connectivity index (χ4n) is 3.08. The SMILES string of the molecule is Cc1nnsc1C(C)N1CCN(C(C)c2snnc2C)CC1. The molecule has 3 rings (SSSR count). The maximum atomic E-state index is 4.14.